The molecule has 0 atom stereocenters. The molecule has 1 aromatic rings. The fourth-order valence-electron chi connectivity index (χ4n) is 1.41. The van der Waals surface area contributed by atoms with E-state index in [1.165, 1.54) is 4.90 Å². The zero-order valence-corrected chi connectivity index (χ0v) is 13.7. The summed E-state index contributed by atoms with van der Waals surface area (Å²) in [6.07, 6.45) is 0. The summed E-state index contributed by atoms with van der Waals surface area (Å²) in [5.41, 5.74) is 0.579. The number of nitrogens with zero attached hydrogens (tertiary/aromatic N) is 1. The zero-order chi connectivity index (χ0) is 14.6. The average Bonchev–Trinajstić information content (AvgIpc) is 2.30. The van der Waals surface area contributed by atoms with Crippen molar-refractivity contribution in [1.29, 1.82) is 0 Å². The third-order valence-corrected chi connectivity index (χ3v) is 3.54. The molecule has 0 aliphatic heterocycles. The van der Waals surface area contributed by atoms with Crippen molar-refractivity contribution in [1.82, 2.24) is 4.90 Å². The van der Waals surface area contributed by atoms with Crippen LogP contribution in [0.1, 0.15) is 13.8 Å². The molecule has 2 N–H and O–H groups in total. The Hall–Kier alpha value is -1.08. The number of carbonyl (C=O) groups excluding carboxylic acids is 1. The van der Waals surface area contributed by atoms with Crippen LogP contribution in [0.15, 0.2) is 27.1 Å². The van der Waals surface area contributed by atoms with Gasteiger partial charge in [0.2, 0.25) is 0 Å². The number of urea groups is 1. The molecule has 104 valence electrons. The zero-order valence-electron chi connectivity index (χ0n) is 10.5. The number of nitrogens with one attached hydrogen (secondary N) is 1. The van der Waals surface area contributed by atoms with Gasteiger partial charge in [0.1, 0.15) is 6.54 Å². The lowest BCUT2D eigenvalue weighted by molar-refractivity contribution is -0.137. The normalized spacial score (nSPS) is 10.4. The van der Waals surface area contributed by atoms with Gasteiger partial charge in [0.25, 0.3) is 0 Å². The number of benzene rings is 1. The summed E-state index contributed by atoms with van der Waals surface area (Å²) in [6.45, 7) is 3.19. The van der Waals surface area contributed by atoms with Crippen LogP contribution in [0.5, 0.6) is 0 Å². The van der Waals surface area contributed by atoms with Crippen LogP contribution in [0.2, 0.25) is 0 Å². The number of carboxylic acid groups (broad SMARTS) is 1. The van der Waals surface area contributed by atoms with E-state index in [1.54, 1.807) is 26.0 Å². The maximum absolute atomic E-state index is 12.1. The Bertz CT molecular complexity index is 492. The molecule has 0 unspecified atom stereocenters. The first-order chi connectivity index (χ1) is 8.81. The first-order valence-corrected chi connectivity index (χ1v) is 7.14. The third-order valence-electron chi connectivity index (χ3n) is 2.36. The van der Waals surface area contributed by atoms with Crippen LogP contribution in [0, 0.1) is 0 Å². The van der Waals surface area contributed by atoms with Crippen molar-refractivity contribution in [3.05, 3.63) is 27.1 Å². The Labute approximate surface area is 128 Å². The second kappa shape index (κ2) is 6.91. The molecular weight excluding hydrogens is 380 g/mol. The van der Waals surface area contributed by atoms with Crippen LogP contribution < -0.4 is 5.32 Å². The van der Waals surface area contributed by atoms with E-state index in [4.69, 9.17) is 5.11 Å². The molecule has 0 fully saturated rings. The number of hydrogen-bond acceptors (Lipinski definition) is 2. The Balaban J connectivity index is 2.87. The summed E-state index contributed by atoms with van der Waals surface area (Å²) >= 11 is 6.64. The van der Waals surface area contributed by atoms with Crippen LogP contribution in [0.25, 0.3) is 0 Å². The molecule has 0 saturated carbocycles. The Morgan fingerprint density at radius 3 is 2.53 bits per heavy atom. The van der Waals surface area contributed by atoms with Crippen LogP contribution in [-0.2, 0) is 4.79 Å². The SMILES string of the molecule is CC(C)N(CC(=O)O)C(=O)Nc1cc(Br)ccc1Br. The van der Waals surface area contributed by atoms with Gasteiger partial charge in [0.05, 0.1) is 5.69 Å². The second-order valence-electron chi connectivity index (χ2n) is 4.17. The minimum Gasteiger partial charge on any atom is -0.480 e. The molecule has 0 heterocycles. The average molecular weight is 394 g/mol. The number of carbonyl (C=O) groups is 2. The highest BCUT2D eigenvalue weighted by molar-refractivity contribution is 9.11. The molecule has 0 aliphatic rings. The van der Waals surface area contributed by atoms with E-state index < -0.39 is 12.0 Å². The maximum atomic E-state index is 12.1. The lowest BCUT2D eigenvalue weighted by Gasteiger charge is -2.25. The topological polar surface area (TPSA) is 69.6 Å². The van der Waals surface area contributed by atoms with Gasteiger partial charge in [0.15, 0.2) is 0 Å². The molecule has 1 rings (SSSR count). The highest BCUT2D eigenvalue weighted by Crippen LogP contribution is 2.26. The van der Waals surface area contributed by atoms with Crippen molar-refractivity contribution in [3.63, 3.8) is 0 Å². The number of carboxylic acids is 1. The summed E-state index contributed by atoms with van der Waals surface area (Å²) in [7, 11) is 0. The van der Waals surface area contributed by atoms with Gasteiger partial charge >= 0.3 is 12.0 Å². The van der Waals surface area contributed by atoms with Crippen molar-refractivity contribution in [3.8, 4) is 0 Å². The molecule has 0 aliphatic carbocycles. The molecular formula is C12H14Br2N2O3. The summed E-state index contributed by atoms with van der Waals surface area (Å²) < 4.78 is 1.54. The van der Waals surface area contributed by atoms with Crippen LogP contribution in [0.3, 0.4) is 0 Å². The Morgan fingerprint density at radius 1 is 1.37 bits per heavy atom. The quantitative estimate of drug-likeness (QED) is 0.821. The molecule has 19 heavy (non-hydrogen) atoms. The van der Waals surface area contributed by atoms with E-state index in [0.717, 1.165) is 8.95 Å². The number of rotatable bonds is 4. The van der Waals surface area contributed by atoms with Crippen molar-refractivity contribution >= 4 is 49.5 Å². The summed E-state index contributed by atoms with van der Waals surface area (Å²) in [4.78, 5) is 24.1. The van der Waals surface area contributed by atoms with E-state index >= 15 is 0 Å². The Morgan fingerprint density at radius 2 is 2.00 bits per heavy atom. The van der Waals surface area contributed by atoms with Gasteiger partial charge in [-0.25, -0.2) is 4.79 Å². The van der Waals surface area contributed by atoms with Gasteiger partial charge in [-0.15, -0.1) is 0 Å². The Kier molecular flexibility index (Phi) is 5.81. The minimum absolute atomic E-state index is 0.206. The molecule has 5 nitrogen and oxygen atoms in total. The molecule has 1 aromatic carbocycles. The standard InChI is InChI=1S/C12H14Br2N2O3/c1-7(2)16(6-11(17)18)12(19)15-10-5-8(13)3-4-9(10)14/h3-5,7H,6H2,1-2H3,(H,15,19)(H,17,18). The summed E-state index contributed by atoms with van der Waals surface area (Å²) in [6, 6.07) is 4.70. The number of aliphatic carboxylic acids is 1. The van der Waals surface area contributed by atoms with E-state index in [1.807, 2.05) is 6.07 Å². The second-order valence-corrected chi connectivity index (χ2v) is 5.94. The van der Waals surface area contributed by atoms with Crippen molar-refractivity contribution in [2.45, 2.75) is 19.9 Å². The highest BCUT2D eigenvalue weighted by atomic mass is 79.9. The largest absolute Gasteiger partial charge is 0.480 e. The van der Waals surface area contributed by atoms with E-state index in [9.17, 15) is 9.59 Å². The smallest absolute Gasteiger partial charge is 0.323 e. The van der Waals surface area contributed by atoms with E-state index in [0.29, 0.717) is 5.69 Å². The number of anilines is 1. The molecule has 7 heteroatoms. The lowest BCUT2D eigenvalue weighted by Crippen LogP contribution is -2.43. The van der Waals surface area contributed by atoms with Crippen LogP contribution >= 0.6 is 31.9 Å². The fourth-order valence-corrected chi connectivity index (χ4v) is 2.12. The van der Waals surface area contributed by atoms with Crippen LogP contribution in [-0.4, -0.2) is 34.6 Å². The van der Waals surface area contributed by atoms with Crippen LogP contribution in [0.4, 0.5) is 10.5 Å². The predicted molar refractivity (Wildman–Crippen MR) is 80.3 cm³/mol. The van der Waals surface area contributed by atoms with Crippen molar-refractivity contribution in [2.75, 3.05) is 11.9 Å². The predicted octanol–water partition coefficient (Wildman–Crippen LogP) is 3.54. The molecule has 0 bridgehead atoms. The van der Waals surface area contributed by atoms with Gasteiger partial charge in [-0.2, -0.15) is 0 Å². The fraction of sp³-hybridized carbons (Fsp3) is 0.333. The van der Waals surface area contributed by atoms with Gasteiger partial charge < -0.3 is 15.3 Å². The number of halogens is 2. The number of amides is 2. The van der Waals surface area contributed by atoms with Gasteiger partial charge in [0, 0.05) is 15.0 Å². The summed E-state index contributed by atoms with van der Waals surface area (Å²) in [5.74, 6) is -1.04. The first-order valence-electron chi connectivity index (χ1n) is 5.55. The van der Waals surface area contributed by atoms with Gasteiger partial charge in [-0.3, -0.25) is 4.79 Å². The molecule has 0 aromatic heterocycles. The molecule has 2 amide bonds. The van der Waals surface area contributed by atoms with Crippen molar-refractivity contribution in [2.24, 2.45) is 0 Å². The van der Waals surface area contributed by atoms with Gasteiger partial charge in [-0.1, -0.05) is 15.9 Å². The van der Waals surface area contributed by atoms with E-state index in [-0.39, 0.29) is 12.6 Å². The maximum Gasteiger partial charge on any atom is 0.323 e. The molecule has 0 saturated heterocycles. The third kappa shape index (κ3) is 4.83. The van der Waals surface area contributed by atoms with Gasteiger partial charge in [-0.05, 0) is 48.0 Å². The summed E-state index contributed by atoms with van der Waals surface area (Å²) in [5, 5.41) is 11.5. The monoisotopic (exact) mass is 392 g/mol. The van der Waals surface area contributed by atoms with E-state index in [2.05, 4.69) is 37.2 Å². The highest BCUT2D eigenvalue weighted by Gasteiger charge is 2.20. The molecule has 0 spiro atoms. The minimum atomic E-state index is -1.04. The molecule has 0 radical (unpaired) electrons. The first kappa shape index (κ1) is 16.0. The van der Waals surface area contributed by atoms with Crippen molar-refractivity contribution < 1.29 is 14.7 Å². The number of hydrogen-bond donors (Lipinski definition) is 2. The lowest BCUT2D eigenvalue weighted by atomic mass is 10.3.